The topological polar surface area (TPSA) is 80.7 Å². The second kappa shape index (κ2) is 5.61. The highest BCUT2D eigenvalue weighted by Crippen LogP contribution is 2.28. The van der Waals surface area contributed by atoms with Crippen LogP contribution in [0.15, 0.2) is 64.3 Å². The zero-order chi connectivity index (χ0) is 15.7. The first-order chi connectivity index (χ1) is 10.5. The van der Waals surface area contributed by atoms with Gasteiger partial charge in [-0.2, -0.15) is 0 Å². The third-order valence-corrected chi connectivity index (χ3v) is 3.68. The molecule has 0 amide bonds. The van der Waals surface area contributed by atoms with Crippen LogP contribution >= 0.6 is 15.9 Å². The molecule has 0 atom stereocenters. The number of hydrogen-bond acceptors (Lipinski definition) is 4. The number of fused-ring (bicyclic) bond motifs is 1. The highest BCUT2D eigenvalue weighted by molar-refractivity contribution is 9.10. The summed E-state index contributed by atoms with van der Waals surface area (Å²) in [7, 11) is 0. The van der Waals surface area contributed by atoms with E-state index in [2.05, 4.69) is 20.9 Å². The Labute approximate surface area is 133 Å². The number of rotatable bonds is 2. The molecule has 1 aromatic carbocycles. The quantitative estimate of drug-likeness (QED) is 0.430. The number of pyridine rings is 1. The predicted molar refractivity (Wildman–Crippen MR) is 84.3 cm³/mol. The summed E-state index contributed by atoms with van der Waals surface area (Å²) in [6.07, 6.45) is 2.75. The zero-order valence-corrected chi connectivity index (χ0v) is 12.8. The number of nitro benzene ring substituents is 1. The average molecular weight is 360 g/mol. The van der Waals surface area contributed by atoms with Crippen molar-refractivity contribution in [1.29, 1.82) is 0 Å². The highest BCUT2D eigenvalue weighted by Gasteiger charge is 2.20. The standard InChI is InChI=1S/C15H10BrN3O3/c16-11-2-4-12(5-3-11)17-14-6-1-10-9-18(20)8-7-13(10)15(14)19(21)22/h1-9,20H. The second-order valence-electron chi connectivity index (χ2n) is 4.61. The summed E-state index contributed by atoms with van der Waals surface area (Å²) in [4.78, 5) is 15.3. The smallest absolute Gasteiger partial charge is 0.302 e. The van der Waals surface area contributed by atoms with Gasteiger partial charge in [-0.1, -0.05) is 22.0 Å². The van der Waals surface area contributed by atoms with Crippen LogP contribution in [0.3, 0.4) is 0 Å². The molecule has 3 rings (SSSR count). The van der Waals surface area contributed by atoms with Crippen LogP contribution in [-0.2, 0) is 0 Å². The van der Waals surface area contributed by atoms with Crippen molar-refractivity contribution >= 4 is 27.3 Å². The Morgan fingerprint density at radius 2 is 1.86 bits per heavy atom. The lowest BCUT2D eigenvalue weighted by atomic mass is 10.0. The molecule has 0 fully saturated rings. The van der Waals surface area contributed by atoms with Crippen LogP contribution in [0, 0.1) is 10.1 Å². The van der Waals surface area contributed by atoms with Gasteiger partial charge >= 0.3 is 5.69 Å². The minimum Gasteiger partial charge on any atom is -0.429 e. The number of nitro groups is 1. The van der Waals surface area contributed by atoms with Crippen molar-refractivity contribution < 1.29 is 10.1 Å². The van der Waals surface area contributed by atoms with E-state index >= 15 is 0 Å². The normalized spacial score (nSPS) is 11.8. The summed E-state index contributed by atoms with van der Waals surface area (Å²) in [6, 6.07) is 11.9. The molecule has 0 unspecified atom stereocenters. The average Bonchev–Trinajstić information content (AvgIpc) is 2.49. The van der Waals surface area contributed by atoms with Crippen molar-refractivity contribution in [1.82, 2.24) is 4.73 Å². The molecule has 110 valence electrons. The van der Waals surface area contributed by atoms with Gasteiger partial charge in [0.2, 0.25) is 0 Å². The van der Waals surface area contributed by atoms with E-state index in [4.69, 9.17) is 0 Å². The fraction of sp³-hybridized carbons (Fsp3) is 0. The third kappa shape index (κ3) is 2.71. The van der Waals surface area contributed by atoms with Gasteiger partial charge < -0.3 is 5.21 Å². The third-order valence-electron chi connectivity index (χ3n) is 3.15. The van der Waals surface area contributed by atoms with Crippen molar-refractivity contribution in [3.8, 4) is 11.1 Å². The summed E-state index contributed by atoms with van der Waals surface area (Å²) in [5.74, 6) is 0. The largest absolute Gasteiger partial charge is 0.429 e. The highest BCUT2D eigenvalue weighted by atomic mass is 79.9. The monoisotopic (exact) mass is 359 g/mol. The van der Waals surface area contributed by atoms with Gasteiger partial charge in [0.15, 0.2) is 0 Å². The first-order valence-electron chi connectivity index (χ1n) is 6.33. The van der Waals surface area contributed by atoms with Gasteiger partial charge in [0.25, 0.3) is 0 Å². The summed E-state index contributed by atoms with van der Waals surface area (Å²) in [5.41, 5.74) is 1.53. The molecular formula is C15H10BrN3O3. The maximum absolute atomic E-state index is 11.4. The van der Waals surface area contributed by atoms with E-state index in [1.807, 2.05) is 12.1 Å². The molecule has 0 aromatic heterocycles. The summed E-state index contributed by atoms with van der Waals surface area (Å²) >= 11 is 3.33. The molecular weight excluding hydrogens is 350 g/mol. The van der Waals surface area contributed by atoms with E-state index in [0.29, 0.717) is 16.8 Å². The maximum atomic E-state index is 11.4. The number of nitrogens with zero attached hydrogens (tertiary/aromatic N) is 3. The van der Waals surface area contributed by atoms with Crippen LogP contribution < -0.4 is 5.36 Å². The van der Waals surface area contributed by atoms with Crippen molar-refractivity contribution in [2.24, 2.45) is 4.99 Å². The first kappa shape index (κ1) is 14.3. The number of halogens is 1. The lowest BCUT2D eigenvalue weighted by molar-refractivity contribution is -0.385. The van der Waals surface area contributed by atoms with Crippen LogP contribution in [0.25, 0.3) is 11.1 Å². The fourth-order valence-electron chi connectivity index (χ4n) is 2.17. The van der Waals surface area contributed by atoms with E-state index in [0.717, 1.165) is 9.20 Å². The molecule has 0 bridgehead atoms. The van der Waals surface area contributed by atoms with E-state index < -0.39 is 4.92 Å². The van der Waals surface area contributed by atoms with Crippen LogP contribution in [-0.4, -0.2) is 14.9 Å². The van der Waals surface area contributed by atoms with Crippen LogP contribution in [0.1, 0.15) is 0 Å². The summed E-state index contributed by atoms with van der Waals surface area (Å²) in [5, 5.41) is 21.1. The maximum Gasteiger partial charge on any atom is 0.302 e. The Kier molecular flexibility index (Phi) is 3.64. The molecule has 0 spiro atoms. The molecule has 1 aliphatic heterocycles. The van der Waals surface area contributed by atoms with Crippen LogP contribution in [0.4, 0.5) is 11.4 Å². The molecule has 2 aliphatic rings. The van der Waals surface area contributed by atoms with Crippen molar-refractivity contribution in [2.75, 3.05) is 0 Å². The number of hydrogen-bond donors (Lipinski definition) is 1. The van der Waals surface area contributed by atoms with E-state index in [1.165, 1.54) is 18.5 Å². The molecule has 1 heterocycles. The van der Waals surface area contributed by atoms with Crippen LogP contribution in [0.5, 0.6) is 0 Å². The lowest BCUT2D eigenvalue weighted by Crippen LogP contribution is -2.11. The summed E-state index contributed by atoms with van der Waals surface area (Å²) < 4.78 is 1.77. The molecule has 22 heavy (non-hydrogen) atoms. The molecule has 0 saturated carbocycles. The van der Waals surface area contributed by atoms with Gasteiger partial charge in [-0.15, -0.1) is 0 Å². The minimum atomic E-state index is -0.457. The van der Waals surface area contributed by atoms with Crippen molar-refractivity contribution in [3.63, 3.8) is 0 Å². The molecule has 1 aliphatic carbocycles. The second-order valence-corrected chi connectivity index (χ2v) is 5.52. The lowest BCUT2D eigenvalue weighted by Gasteiger charge is -2.07. The minimum absolute atomic E-state index is 0.0824. The van der Waals surface area contributed by atoms with Crippen molar-refractivity contribution in [3.05, 3.63) is 74.8 Å². The molecule has 7 heteroatoms. The molecule has 1 N–H and O–H groups in total. The Morgan fingerprint density at radius 3 is 2.55 bits per heavy atom. The molecule has 0 saturated heterocycles. The Hall–Kier alpha value is -2.67. The predicted octanol–water partition coefficient (Wildman–Crippen LogP) is 3.73. The number of benzene rings is 2. The van der Waals surface area contributed by atoms with Gasteiger partial charge in [0.1, 0.15) is 5.36 Å². The molecule has 6 nitrogen and oxygen atoms in total. The first-order valence-corrected chi connectivity index (χ1v) is 7.13. The van der Waals surface area contributed by atoms with E-state index in [1.54, 1.807) is 24.3 Å². The van der Waals surface area contributed by atoms with Gasteiger partial charge in [-0.05, 0) is 36.4 Å². The van der Waals surface area contributed by atoms with Crippen molar-refractivity contribution in [2.45, 2.75) is 0 Å². The van der Waals surface area contributed by atoms with Gasteiger partial charge in [0, 0.05) is 16.2 Å². The van der Waals surface area contributed by atoms with Gasteiger partial charge in [-0.3, -0.25) is 10.1 Å². The Balaban J connectivity index is 2.28. The summed E-state index contributed by atoms with van der Waals surface area (Å²) in [6.45, 7) is 0. The molecule has 0 radical (unpaired) electrons. The van der Waals surface area contributed by atoms with E-state index in [-0.39, 0.29) is 11.0 Å². The van der Waals surface area contributed by atoms with Gasteiger partial charge in [-0.25, -0.2) is 9.72 Å². The zero-order valence-electron chi connectivity index (χ0n) is 11.2. The van der Waals surface area contributed by atoms with Gasteiger partial charge in [0.05, 0.1) is 22.4 Å². The molecule has 1 aromatic rings. The number of aromatic nitrogens is 1. The Morgan fingerprint density at radius 1 is 1.14 bits per heavy atom. The van der Waals surface area contributed by atoms with E-state index in [9.17, 15) is 15.3 Å². The SMILES string of the molecule is O=[N+]([O-])c1c2ccn(O)cc-2ccc1=Nc1ccc(Br)cc1. The fourth-order valence-corrected chi connectivity index (χ4v) is 2.44. The Bertz CT molecular complexity index is 887. The van der Waals surface area contributed by atoms with Crippen LogP contribution in [0.2, 0.25) is 0 Å².